The number of hydrogen-bond acceptors (Lipinski definition) is 2. The quantitative estimate of drug-likeness (QED) is 0.748. The first kappa shape index (κ1) is 9.52. The molecule has 0 aliphatic carbocycles. The van der Waals surface area contributed by atoms with E-state index in [1.54, 1.807) is 18.6 Å². The molecule has 1 aromatic carbocycles. The summed E-state index contributed by atoms with van der Waals surface area (Å²) >= 11 is 0. The van der Waals surface area contributed by atoms with Crippen molar-refractivity contribution in [2.75, 3.05) is 0 Å². The van der Waals surface area contributed by atoms with Crippen molar-refractivity contribution in [3.8, 4) is 0 Å². The molecule has 0 atom stereocenters. The fourth-order valence-electron chi connectivity index (χ4n) is 1.33. The average Bonchev–Trinajstić information content (AvgIpc) is 2.80. The van der Waals surface area contributed by atoms with Crippen LogP contribution in [-0.4, -0.2) is 15.1 Å². The zero-order chi connectivity index (χ0) is 10.5. The number of allylic oxidation sites excluding steroid dienone is 1. The van der Waals surface area contributed by atoms with Gasteiger partial charge >= 0.3 is 0 Å². The van der Waals surface area contributed by atoms with Crippen molar-refractivity contribution in [2.45, 2.75) is 6.42 Å². The maximum Gasteiger partial charge on any atom is 0.119 e. The largest absolute Gasteiger partial charge is 0.508 e. The van der Waals surface area contributed by atoms with Gasteiger partial charge in [0.2, 0.25) is 0 Å². The average molecular weight is 200 g/mol. The van der Waals surface area contributed by atoms with Crippen molar-refractivity contribution < 1.29 is 5.11 Å². The predicted octanol–water partition coefficient (Wildman–Crippen LogP) is 2.55. The van der Waals surface area contributed by atoms with E-state index in [0.717, 1.165) is 11.3 Å². The second-order valence-corrected chi connectivity index (χ2v) is 3.24. The lowest BCUT2D eigenvalue weighted by Crippen LogP contribution is -1.85. The number of nitrogens with zero attached hydrogens (tertiary/aromatic N) is 1. The van der Waals surface area contributed by atoms with E-state index in [4.69, 9.17) is 0 Å². The molecule has 1 heterocycles. The SMILES string of the molecule is OC(=CCc1cnc[nH]1)c1ccccc1. The van der Waals surface area contributed by atoms with Crippen LogP contribution in [0.25, 0.3) is 5.76 Å². The monoisotopic (exact) mass is 200 g/mol. The van der Waals surface area contributed by atoms with Gasteiger partial charge in [-0.25, -0.2) is 4.98 Å². The molecule has 0 saturated heterocycles. The first-order valence-corrected chi connectivity index (χ1v) is 4.78. The fourth-order valence-corrected chi connectivity index (χ4v) is 1.33. The van der Waals surface area contributed by atoms with E-state index in [2.05, 4.69) is 9.97 Å². The summed E-state index contributed by atoms with van der Waals surface area (Å²) in [7, 11) is 0. The Morgan fingerprint density at radius 1 is 1.33 bits per heavy atom. The molecule has 0 fully saturated rings. The maximum atomic E-state index is 9.75. The number of aromatic amines is 1. The molecule has 3 heteroatoms. The molecule has 76 valence electrons. The lowest BCUT2D eigenvalue weighted by molar-refractivity contribution is 0.510. The van der Waals surface area contributed by atoms with Gasteiger partial charge in [-0.15, -0.1) is 0 Å². The van der Waals surface area contributed by atoms with Crippen LogP contribution < -0.4 is 0 Å². The molecule has 1 aromatic heterocycles. The minimum absolute atomic E-state index is 0.296. The van der Waals surface area contributed by atoms with Gasteiger partial charge in [0.1, 0.15) is 5.76 Å². The van der Waals surface area contributed by atoms with Crippen LogP contribution in [0.15, 0.2) is 48.9 Å². The molecule has 0 unspecified atom stereocenters. The summed E-state index contributed by atoms with van der Waals surface area (Å²) in [4.78, 5) is 6.88. The standard InChI is InChI=1S/C12H12N2O/c15-12(10-4-2-1-3-5-10)7-6-11-8-13-9-14-11/h1-5,7-9,15H,6H2,(H,13,14). The summed E-state index contributed by atoms with van der Waals surface area (Å²) < 4.78 is 0. The summed E-state index contributed by atoms with van der Waals surface area (Å²) in [5.41, 5.74) is 1.81. The van der Waals surface area contributed by atoms with E-state index in [1.807, 2.05) is 30.3 Å². The summed E-state index contributed by atoms with van der Waals surface area (Å²) in [5, 5.41) is 9.75. The highest BCUT2D eigenvalue weighted by Gasteiger charge is 1.97. The predicted molar refractivity (Wildman–Crippen MR) is 59.3 cm³/mol. The molecule has 0 aliphatic rings. The van der Waals surface area contributed by atoms with Crippen molar-refractivity contribution in [3.05, 3.63) is 60.2 Å². The molecule has 3 nitrogen and oxygen atoms in total. The van der Waals surface area contributed by atoms with Gasteiger partial charge in [0.15, 0.2) is 0 Å². The van der Waals surface area contributed by atoms with Crippen LogP contribution >= 0.6 is 0 Å². The third kappa shape index (κ3) is 2.47. The van der Waals surface area contributed by atoms with Crippen LogP contribution in [0.4, 0.5) is 0 Å². The lowest BCUT2D eigenvalue weighted by atomic mass is 10.1. The smallest absolute Gasteiger partial charge is 0.119 e. The minimum atomic E-state index is 0.296. The minimum Gasteiger partial charge on any atom is -0.508 e. The number of imidazole rings is 1. The van der Waals surface area contributed by atoms with Crippen LogP contribution in [0.3, 0.4) is 0 Å². The Morgan fingerprint density at radius 2 is 2.13 bits per heavy atom. The number of H-pyrrole nitrogens is 1. The number of rotatable bonds is 3. The van der Waals surface area contributed by atoms with Crippen LogP contribution in [0.2, 0.25) is 0 Å². The normalized spacial score (nSPS) is 11.6. The van der Waals surface area contributed by atoms with Gasteiger partial charge in [-0.2, -0.15) is 0 Å². The van der Waals surface area contributed by atoms with Crippen molar-refractivity contribution in [1.82, 2.24) is 9.97 Å². The number of aliphatic hydroxyl groups excluding tert-OH is 1. The van der Waals surface area contributed by atoms with Crippen molar-refractivity contribution in [1.29, 1.82) is 0 Å². The molecule has 15 heavy (non-hydrogen) atoms. The molecular weight excluding hydrogens is 188 g/mol. The zero-order valence-corrected chi connectivity index (χ0v) is 8.22. The fraction of sp³-hybridized carbons (Fsp3) is 0.0833. The number of nitrogens with one attached hydrogen (secondary N) is 1. The van der Waals surface area contributed by atoms with E-state index in [0.29, 0.717) is 12.2 Å². The number of aliphatic hydroxyl groups is 1. The highest BCUT2D eigenvalue weighted by molar-refractivity contribution is 5.58. The van der Waals surface area contributed by atoms with E-state index >= 15 is 0 Å². The van der Waals surface area contributed by atoms with Crippen LogP contribution in [0.1, 0.15) is 11.3 Å². The Labute approximate surface area is 88.1 Å². The van der Waals surface area contributed by atoms with E-state index in [9.17, 15) is 5.11 Å². The zero-order valence-electron chi connectivity index (χ0n) is 8.22. The summed E-state index contributed by atoms with van der Waals surface area (Å²) in [6.07, 6.45) is 5.79. The third-order valence-electron chi connectivity index (χ3n) is 2.14. The van der Waals surface area contributed by atoms with Gasteiger partial charge in [0.05, 0.1) is 6.33 Å². The Balaban J connectivity index is 2.08. The second-order valence-electron chi connectivity index (χ2n) is 3.24. The Hall–Kier alpha value is -2.03. The molecule has 2 aromatic rings. The molecule has 0 saturated carbocycles. The summed E-state index contributed by atoms with van der Waals surface area (Å²) in [5.74, 6) is 0.296. The van der Waals surface area contributed by atoms with E-state index in [-0.39, 0.29) is 0 Å². The van der Waals surface area contributed by atoms with Gasteiger partial charge < -0.3 is 10.1 Å². The molecule has 0 bridgehead atoms. The molecule has 2 rings (SSSR count). The van der Waals surface area contributed by atoms with Gasteiger partial charge in [-0.1, -0.05) is 30.3 Å². The Kier molecular flexibility index (Phi) is 2.83. The third-order valence-corrected chi connectivity index (χ3v) is 2.14. The van der Waals surface area contributed by atoms with Gasteiger partial charge in [0, 0.05) is 23.9 Å². The first-order valence-electron chi connectivity index (χ1n) is 4.78. The highest BCUT2D eigenvalue weighted by atomic mass is 16.3. The number of hydrogen-bond donors (Lipinski definition) is 2. The van der Waals surface area contributed by atoms with Crippen LogP contribution in [0, 0.1) is 0 Å². The summed E-state index contributed by atoms with van der Waals surface area (Å²) in [6.45, 7) is 0. The second kappa shape index (κ2) is 4.46. The number of aromatic nitrogens is 2. The molecule has 0 radical (unpaired) electrons. The molecule has 0 spiro atoms. The molecule has 2 N–H and O–H groups in total. The van der Waals surface area contributed by atoms with Crippen molar-refractivity contribution in [2.24, 2.45) is 0 Å². The molecular formula is C12H12N2O. The highest BCUT2D eigenvalue weighted by Crippen LogP contribution is 2.11. The van der Waals surface area contributed by atoms with Gasteiger partial charge in [-0.05, 0) is 6.08 Å². The first-order chi connectivity index (χ1) is 7.36. The Morgan fingerprint density at radius 3 is 2.80 bits per heavy atom. The Bertz CT molecular complexity index is 432. The topological polar surface area (TPSA) is 48.9 Å². The summed E-state index contributed by atoms with van der Waals surface area (Å²) in [6, 6.07) is 9.47. The van der Waals surface area contributed by atoms with E-state index in [1.165, 1.54) is 0 Å². The van der Waals surface area contributed by atoms with E-state index < -0.39 is 0 Å². The maximum absolute atomic E-state index is 9.75. The molecule has 0 amide bonds. The lowest BCUT2D eigenvalue weighted by Gasteiger charge is -1.98. The van der Waals surface area contributed by atoms with Gasteiger partial charge in [0.25, 0.3) is 0 Å². The van der Waals surface area contributed by atoms with Crippen molar-refractivity contribution >= 4 is 5.76 Å². The van der Waals surface area contributed by atoms with Crippen molar-refractivity contribution in [3.63, 3.8) is 0 Å². The van der Waals surface area contributed by atoms with Crippen LogP contribution in [0.5, 0.6) is 0 Å². The number of benzene rings is 1. The van der Waals surface area contributed by atoms with Crippen LogP contribution in [-0.2, 0) is 6.42 Å². The molecule has 0 aliphatic heterocycles. The van der Waals surface area contributed by atoms with Gasteiger partial charge in [-0.3, -0.25) is 0 Å².